The van der Waals surface area contributed by atoms with Crippen molar-refractivity contribution in [1.82, 2.24) is 10.2 Å². The van der Waals surface area contributed by atoms with Crippen LogP contribution in [0.25, 0.3) is 0 Å². The minimum atomic E-state index is 0.248. The van der Waals surface area contributed by atoms with Gasteiger partial charge in [-0.2, -0.15) is 0 Å². The van der Waals surface area contributed by atoms with Crippen LogP contribution in [-0.2, 0) is 4.74 Å². The van der Waals surface area contributed by atoms with Crippen LogP contribution < -0.4 is 5.32 Å². The molecular formula is C12H26N2O. The van der Waals surface area contributed by atoms with E-state index >= 15 is 0 Å². The average Bonchev–Trinajstić information content (AvgIpc) is 2.17. The van der Waals surface area contributed by atoms with E-state index in [1.807, 2.05) is 7.05 Å². The summed E-state index contributed by atoms with van der Waals surface area (Å²) in [7, 11) is 4.18. The second-order valence-corrected chi connectivity index (χ2v) is 5.51. The molecule has 0 aromatic heterocycles. The van der Waals surface area contributed by atoms with Crippen LogP contribution in [-0.4, -0.2) is 51.3 Å². The summed E-state index contributed by atoms with van der Waals surface area (Å²) >= 11 is 0. The number of piperidine rings is 1. The SMILES string of the molecule is CNCC(C)(C)COC1CCN(C)CC1. The third-order valence-electron chi connectivity index (χ3n) is 3.03. The van der Waals surface area contributed by atoms with E-state index in [0.717, 1.165) is 13.2 Å². The summed E-state index contributed by atoms with van der Waals surface area (Å²) in [4.78, 5) is 2.37. The molecule has 0 saturated carbocycles. The molecule has 0 atom stereocenters. The Balaban J connectivity index is 2.19. The number of nitrogens with zero attached hydrogens (tertiary/aromatic N) is 1. The highest BCUT2D eigenvalue weighted by atomic mass is 16.5. The lowest BCUT2D eigenvalue weighted by Gasteiger charge is -2.32. The Hall–Kier alpha value is -0.120. The van der Waals surface area contributed by atoms with Gasteiger partial charge in [-0.15, -0.1) is 0 Å². The fourth-order valence-electron chi connectivity index (χ4n) is 2.02. The van der Waals surface area contributed by atoms with Gasteiger partial charge in [0.2, 0.25) is 0 Å². The van der Waals surface area contributed by atoms with Gasteiger partial charge < -0.3 is 15.0 Å². The molecule has 1 heterocycles. The third kappa shape index (κ3) is 4.96. The molecule has 1 aliphatic rings. The van der Waals surface area contributed by atoms with E-state index in [1.165, 1.54) is 25.9 Å². The van der Waals surface area contributed by atoms with E-state index in [4.69, 9.17) is 4.74 Å². The van der Waals surface area contributed by atoms with Crippen LogP contribution in [0, 0.1) is 5.41 Å². The Bertz CT molecular complexity index is 174. The first-order valence-corrected chi connectivity index (χ1v) is 5.98. The van der Waals surface area contributed by atoms with Gasteiger partial charge in [0.05, 0.1) is 12.7 Å². The monoisotopic (exact) mass is 214 g/mol. The van der Waals surface area contributed by atoms with E-state index in [1.54, 1.807) is 0 Å². The molecule has 1 saturated heterocycles. The van der Waals surface area contributed by atoms with Crippen LogP contribution in [0.15, 0.2) is 0 Å². The number of hydrogen-bond donors (Lipinski definition) is 1. The molecule has 90 valence electrons. The maximum Gasteiger partial charge on any atom is 0.0599 e. The normalized spacial score (nSPS) is 20.8. The molecule has 3 heteroatoms. The zero-order valence-electron chi connectivity index (χ0n) is 10.7. The summed E-state index contributed by atoms with van der Waals surface area (Å²) < 4.78 is 5.98. The van der Waals surface area contributed by atoms with E-state index in [2.05, 4.69) is 31.1 Å². The lowest BCUT2D eigenvalue weighted by molar-refractivity contribution is -0.0242. The van der Waals surface area contributed by atoms with Crippen LogP contribution in [0.4, 0.5) is 0 Å². The Morgan fingerprint density at radius 2 is 1.93 bits per heavy atom. The highest BCUT2D eigenvalue weighted by molar-refractivity contribution is 4.74. The summed E-state index contributed by atoms with van der Waals surface area (Å²) in [6.45, 7) is 8.73. The fraction of sp³-hybridized carbons (Fsp3) is 1.00. The Morgan fingerprint density at radius 3 is 2.47 bits per heavy atom. The molecule has 0 aromatic carbocycles. The highest BCUT2D eigenvalue weighted by Crippen LogP contribution is 2.18. The minimum absolute atomic E-state index is 0.248. The lowest BCUT2D eigenvalue weighted by Crippen LogP contribution is -2.37. The van der Waals surface area contributed by atoms with Crippen molar-refractivity contribution in [1.29, 1.82) is 0 Å². The van der Waals surface area contributed by atoms with Gasteiger partial charge in [0.15, 0.2) is 0 Å². The maximum atomic E-state index is 5.98. The van der Waals surface area contributed by atoms with Gasteiger partial charge in [0.1, 0.15) is 0 Å². The molecule has 0 aromatic rings. The van der Waals surface area contributed by atoms with Crippen molar-refractivity contribution in [2.24, 2.45) is 5.41 Å². The van der Waals surface area contributed by atoms with Crippen molar-refractivity contribution < 1.29 is 4.74 Å². The molecule has 1 fully saturated rings. The number of nitrogens with one attached hydrogen (secondary N) is 1. The first kappa shape index (κ1) is 12.9. The second-order valence-electron chi connectivity index (χ2n) is 5.51. The van der Waals surface area contributed by atoms with Crippen LogP contribution in [0.2, 0.25) is 0 Å². The summed E-state index contributed by atoms with van der Waals surface area (Å²) in [5.41, 5.74) is 0.248. The Kier molecular flexibility index (Phi) is 5.03. The summed E-state index contributed by atoms with van der Waals surface area (Å²) in [5, 5.41) is 3.21. The third-order valence-corrected chi connectivity index (χ3v) is 3.03. The van der Waals surface area contributed by atoms with Gasteiger partial charge in [-0.3, -0.25) is 0 Å². The second kappa shape index (κ2) is 5.83. The van der Waals surface area contributed by atoms with Crippen molar-refractivity contribution >= 4 is 0 Å². The van der Waals surface area contributed by atoms with Gasteiger partial charge in [-0.25, -0.2) is 0 Å². The van der Waals surface area contributed by atoms with Crippen molar-refractivity contribution in [2.45, 2.75) is 32.8 Å². The Labute approximate surface area is 94.2 Å². The fourth-order valence-corrected chi connectivity index (χ4v) is 2.02. The molecule has 0 aliphatic carbocycles. The molecule has 0 unspecified atom stereocenters. The predicted molar refractivity (Wildman–Crippen MR) is 64.2 cm³/mol. The summed E-state index contributed by atoms with van der Waals surface area (Å²) in [6.07, 6.45) is 2.86. The van der Waals surface area contributed by atoms with Gasteiger partial charge in [0, 0.05) is 25.0 Å². The lowest BCUT2D eigenvalue weighted by atomic mass is 9.94. The standard InChI is InChI=1S/C12H26N2O/c1-12(2,9-13-3)10-15-11-5-7-14(4)8-6-11/h11,13H,5-10H2,1-4H3. The highest BCUT2D eigenvalue weighted by Gasteiger charge is 2.22. The van der Waals surface area contributed by atoms with E-state index in [-0.39, 0.29) is 5.41 Å². The van der Waals surface area contributed by atoms with Gasteiger partial charge in [-0.05, 0) is 26.9 Å². The van der Waals surface area contributed by atoms with Crippen molar-refractivity contribution in [3.63, 3.8) is 0 Å². The van der Waals surface area contributed by atoms with Crippen molar-refractivity contribution in [3.8, 4) is 0 Å². The van der Waals surface area contributed by atoms with Crippen LogP contribution in [0.5, 0.6) is 0 Å². The molecule has 0 amide bonds. The molecule has 15 heavy (non-hydrogen) atoms. The zero-order chi connectivity index (χ0) is 11.3. The Morgan fingerprint density at radius 1 is 1.33 bits per heavy atom. The van der Waals surface area contributed by atoms with Crippen molar-refractivity contribution in [2.75, 3.05) is 40.3 Å². The quantitative estimate of drug-likeness (QED) is 0.747. The van der Waals surface area contributed by atoms with E-state index in [0.29, 0.717) is 6.10 Å². The molecule has 1 aliphatic heterocycles. The van der Waals surface area contributed by atoms with Gasteiger partial charge in [-0.1, -0.05) is 13.8 Å². The average molecular weight is 214 g/mol. The topological polar surface area (TPSA) is 24.5 Å². The largest absolute Gasteiger partial charge is 0.378 e. The van der Waals surface area contributed by atoms with Gasteiger partial charge >= 0.3 is 0 Å². The molecule has 0 bridgehead atoms. The number of ether oxygens (including phenoxy) is 1. The molecule has 0 radical (unpaired) electrons. The number of hydrogen-bond acceptors (Lipinski definition) is 3. The van der Waals surface area contributed by atoms with Crippen LogP contribution in [0.1, 0.15) is 26.7 Å². The minimum Gasteiger partial charge on any atom is -0.378 e. The summed E-state index contributed by atoms with van der Waals surface area (Å²) in [5.74, 6) is 0. The summed E-state index contributed by atoms with van der Waals surface area (Å²) in [6, 6.07) is 0. The molecule has 3 nitrogen and oxygen atoms in total. The van der Waals surface area contributed by atoms with E-state index < -0.39 is 0 Å². The molecule has 1 N–H and O–H groups in total. The molecule has 0 spiro atoms. The van der Waals surface area contributed by atoms with Crippen LogP contribution in [0.3, 0.4) is 0 Å². The smallest absolute Gasteiger partial charge is 0.0599 e. The van der Waals surface area contributed by atoms with Crippen LogP contribution >= 0.6 is 0 Å². The molecular weight excluding hydrogens is 188 g/mol. The number of rotatable bonds is 5. The molecule has 1 rings (SSSR count). The zero-order valence-corrected chi connectivity index (χ0v) is 10.7. The maximum absolute atomic E-state index is 5.98. The first-order chi connectivity index (χ1) is 7.03. The van der Waals surface area contributed by atoms with Crippen molar-refractivity contribution in [3.05, 3.63) is 0 Å². The van der Waals surface area contributed by atoms with E-state index in [9.17, 15) is 0 Å². The first-order valence-electron chi connectivity index (χ1n) is 5.98. The number of likely N-dealkylation sites (tertiary alicyclic amines) is 1. The van der Waals surface area contributed by atoms with Gasteiger partial charge in [0.25, 0.3) is 0 Å². The predicted octanol–water partition coefficient (Wildman–Crippen LogP) is 1.34.